The predicted octanol–water partition coefficient (Wildman–Crippen LogP) is 12.5. The van der Waals surface area contributed by atoms with E-state index in [0.29, 0.717) is 11.1 Å². The Hall–Kier alpha value is -5.72. The van der Waals surface area contributed by atoms with Crippen molar-refractivity contribution in [3.05, 3.63) is 158 Å². The van der Waals surface area contributed by atoms with E-state index in [4.69, 9.17) is 5.48 Å². The van der Waals surface area contributed by atoms with E-state index in [1.807, 2.05) is 78.9 Å². The minimum atomic E-state index is -0.494. The summed E-state index contributed by atoms with van der Waals surface area (Å²) in [5, 5.41) is 11.8. The molecule has 0 saturated heterocycles. The second-order valence-corrected chi connectivity index (χ2v) is 11.4. The fourth-order valence-corrected chi connectivity index (χ4v) is 7.21. The molecule has 10 aromatic carbocycles. The van der Waals surface area contributed by atoms with Gasteiger partial charge in [-0.1, -0.05) is 151 Å². The van der Waals surface area contributed by atoms with Gasteiger partial charge >= 0.3 is 0 Å². The highest BCUT2D eigenvalue weighted by molar-refractivity contribution is 6.27. The van der Waals surface area contributed by atoms with Gasteiger partial charge in [-0.05, 0) is 104 Å². The summed E-state index contributed by atoms with van der Waals surface area (Å²) in [6, 6.07) is 33.0. The van der Waals surface area contributed by atoms with Gasteiger partial charge in [0.25, 0.3) is 0 Å². The topological polar surface area (TPSA) is 0 Å². The fourth-order valence-electron chi connectivity index (χ4n) is 7.21. The lowest BCUT2D eigenvalue weighted by Crippen LogP contribution is -1.90. The zero-order valence-corrected chi connectivity index (χ0v) is 23.4. The average molecular weight is 563 g/mol. The lowest BCUT2D eigenvalue weighted by molar-refractivity contribution is 1.59. The maximum atomic E-state index is 9.74. The molecule has 0 N–H and O–H groups in total. The zero-order chi connectivity index (χ0) is 35.7. The molecule has 0 aromatic heterocycles. The van der Waals surface area contributed by atoms with Crippen LogP contribution in [0.1, 0.15) is 11.0 Å². The second-order valence-electron chi connectivity index (χ2n) is 11.4. The Morgan fingerprint density at radius 1 is 0.318 bits per heavy atom. The van der Waals surface area contributed by atoms with E-state index in [-0.39, 0.29) is 40.4 Å². The van der Waals surface area contributed by atoms with E-state index in [1.54, 1.807) is 0 Å². The number of hydrogen-bond acceptors (Lipinski definition) is 0. The normalized spacial score (nSPS) is 14.6. The molecule has 0 aliphatic carbocycles. The van der Waals surface area contributed by atoms with Gasteiger partial charge in [0.2, 0.25) is 0 Å². The summed E-state index contributed by atoms with van der Waals surface area (Å²) in [5.74, 6) is 0. The van der Waals surface area contributed by atoms with Crippen molar-refractivity contribution in [1.82, 2.24) is 0 Å². The Kier molecular flexibility index (Phi) is 3.52. The van der Waals surface area contributed by atoms with E-state index in [1.165, 1.54) is 0 Å². The van der Waals surface area contributed by atoms with E-state index >= 15 is 0 Å². The van der Waals surface area contributed by atoms with Gasteiger partial charge in [0.15, 0.2) is 0 Å². The first kappa shape index (κ1) is 17.4. The van der Waals surface area contributed by atoms with Crippen LogP contribution in [0.5, 0.6) is 0 Å². The van der Waals surface area contributed by atoms with Crippen LogP contribution in [0.25, 0.3) is 98.0 Å². The van der Waals surface area contributed by atoms with Gasteiger partial charge in [-0.2, -0.15) is 0 Å². The first-order chi connectivity index (χ1) is 25.2. The number of rotatable bonds is 3. The van der Waals surface area contributed by atoms with Gasteiger partial charge in [-0.3, -0.25) is 0 Å². The Labute approximate surface area is 266 Å². The van der Waals surface area contributed by atoms with Crippen LogP contribution in [0.3, 0.4) is 0 Å². The molecule has 0 heterocycles. The van der Waals surface area contributed by atoms with E-state index in [0.717, 1.165) is 64.6 Å². The molecule has 0 heteroatoms. The van der Waals surface area contributed by atoms with Gasteiger partial charge in [-0.25, -0.2) is 0 Å². The SMILES string of the molecule is [2H]c1c([2H])c(-c2c([2H])c([2H])c([2H])c([2H])c2-c2ccc3ccc4cccc5ccc2c3c45)c([2H])c(-c2ccc3ccc4cccc5ccc2c3c45)c1[2H]. The summed E-state index contributed by atoms with van der Waals surface area (Å²) in [4.78, 5) is 0. The third-order valence-corrected chi connectivity index (χ3v) is 9.16. The Bertz CT molecular complexity index is 3130. The highest BCUT2D eigenvalue weighted by Crippen LogP contribution is 2.43. The molecule has 0 aliphatic heterocycles. The molecule has 0 nitrogen and oxygen atoms in total. The van der Waals surface area contributed by atoms with Gasteiger partial charge in [-0.15, -0.1) is 0 Å². The molecule has 0 fully saturated rings. The molecule has 0 saturated carbocycles. The van der Waals surface area contributed by atoms with Crippen LogP contribution in [0.2, 0.25) is 0 Å². The molecule has 0 amide bonds. The summed E-state index contributed by atoms with van der Waals surface area (Å²) < 4.78 is 73.2. The summed E-state index contributed by atoms with van der Waals surface area (Å²) >= 11 is 0. The van der Waals surface area contributed by atoms with Gasteiger partial charge < -0.3 is 0 Å². The van der Waals surface area contributed by atoms with Crippen molar-refractivity contribution in [2.75, 3.05) is 0 Å². The highest BCUT2D eigenvalue weighted by Gasteiger charge is 2.16. The van der Waals surface area contributed by atoms with Crippen molar-refractivity contribution in [3.8, 4) is 33.4 Å². The second kappa shape index (κ2) is 8.89. The van der Waals surface area contributed by atoms with E-state index in [9.17, 15) is 5.48 Å². The van der Waals surface area contributed by atoms with Crippen LogP contribution >= 0.6 is 0 Å². The maximum absolute atomic E-state index is 9.74. The summed E-state index contributed by atoms with van der Waals surface area (Å²) in [7, 11) is 0. The van der Waals surface area contributed by atoms with Crippen molar-refractivity contribution in [2.24, 2.45) is 0 Å². The monoisotopic (exact) mass is 562 g/mol. The quantitative estimate of drug-likeness (QED) is 0.188. The third kappa shape index (κ3) is 3.28. The molecule has 0 aliphatic rings. The van der Waals surface area contributed by atoms with Crippen molar-refractivity contribution in [3.63, 3.8) is 0 Å². The molecule has 44 heavy (non-hydrogen) atoms. The molecular weight excluding hydrogens is 528 g/mol. The maximum Gasteiger partial charge on any atom is 0.0636 e. The minimum Gasteiger partial charge on any atom is -0.0616 e. The largest absolute Gasteiger partial charge is 0.0636 e. The predicted molar refractivity (Wildman–Crippen MR) is 190 cm³/mol. The van der Waals surface area contributed by atoms with Gasteiger partial charge in [0, 0.05) is 0 Å². The first-order valence-electron chi connectivity index (χ1n) is 18.7. The fraction of sp³-hybridized carbons (Fsp3) is 0. The molecular formula is C44H26. The Morgan fingerprint density at radius 2 is 0.750 bits per heavy atom. The average Bonchev–Trinajstić information content (AvgIpc) is 3.17. The highest BCUT2D eigenvalue weighted by atomic mass is 14.2. The molecule has 10 aromatic rings. The summed E-state index contributed by atoms with van der Waals surface area (Å²) in [5.41, 5.74) is 1.27. The molecule has 202 valence electrons. The standard InChI is InChI=1S/C44H26/c1-2-13-37(38-23-19-32-17-15-28-7-4-9-30-21-25-40(38)44(32)42(28)30)35(12-1)33-10-5-11-34(26-33)36-22-18-31-16-14-27-6-3-8-29-20-24-39(36)43(31)41(27)29/h1-26H/i1D,2D,5D,10D,11D,12D,13D,26D. The molecule has 0 unspecified atom stereocenters. The Morgan fingerprint density at radius 3 is 1.34 bits per heavy atom. The van der Waals surface area contributed by atoms with Crippen molar-refractivity contribution in [1.29, 1.82) is 0 Å². The molecule has 10 rings (SSSR count). The Balaban J connectivity index is 1.33. The van der Waals surface area contributed by atoms with Crippen LogP contribution in [0, 0.1) is 0 Å². The lowest BCUT2D eigenvalue weighted by atomic mass is 9.86. The van der Waals surface area contributed by atoms with Crippen molar-refractivity contribution in [2.45, 2.75) is 0 Å². The first-order valence-corrected chi connectivity index (χ1v) is 14.7. The smallest absolute Gasteiger partial charge is 0.0616 e. The van der Waals surface area contributed by atoms with Crippen LogP contribution < -0.4 is 0 Å². The van der Waals surface area contributed by atoms with Crippen LogP contribution in [-0.2, 0) is 0 Å². The van der Waals surface area contributed by atoms with E-state index < -0.39 is 30.2 Å². The van der Waals surface area contributed by atoms with Crippen LogP contribution in [0.4, 0.5) is 0 Å². The van der Waals surface area contributed by atoms with Crippen molar-refractivity contribution < 1.29 is 11.0 Å². The van der Waals surface area contributed by atoms with Gasteiger partial charge in [0.1, 0.15) is 0 Å². The van der Waals surface area contributed by atoms with E-state index in [2.05, 4.69) is 30.3 Å². The lowest BCUT2D eigenvalue weighted by Gasteiger charge is -2.17. The molecule has 0 atom stereocenters. The zero-order valence-electron chi connectivity index (χ0n) is 31.4. The van der Waals surface area contributed by atoms with Crippen molar-refractivity contribution >= 4 is 64.6 Å². The summed E-state index contributed by atoms with van der Waals surface area (Å²) in [6.45, 7) is 0. The molecule has 0 radical (unpaired) electrons. The summed E-state index contributed by atoms with van der Waals surface area (Å²) in [6.07, 6.45) is 0. The minimum absolute atomic E-state index is 0.0245. The van der Waals surface area contributed by atoms with Crippen LogP contribution in [0.15, 0.2) is 158 Å². The van der Waals surface area contributed by atoms with Crippen LogP contribution in [-0.4, -0.2) is 0 Å². The molecule has 0 spiro atoms. The molecule has 0 bridgehead atoms. The number of hydrogen-bond donors (Lipinski definition) is 0. The number of benzene rings is 10. The van der Waals surface area contributed by atoms with Gasteiger partial charge in [0.05, 0.1) is 11.0 Å². The third-order valence-electron chi connectivity index (χ3n) is 9.16.